The predicted molar refractivity (Wildman–Crippen MR) is 107 cm³/mol. The molecule has 0 spiro atoms. The van der Waals surface area contributed by atoms with Crippen molar-refractivity contribution in [1.29, 1.82) is 0 Å². The summed E-state index contributed by atoms with van der Waals surface area (Å²) in [5.41, 5.74) is 1.67. The first kappa shape index (κ1) is 23.0. The van der Waals surface area contributed by atoms with Crippen LogP contribution >= 0.6 is 0 Å². The van der Waals surface area contributed by atoms with Crippen molar-refractivity contribution in [2.75, 3.05) is 37.8 Å². The second-order valence-corrected chi connectivity index (χ2v) is 7.53. The van der Waals surface area contributed by atoms with Gasteiger partial charge in [-0.2, -0.15) is 13.2 Å². The molecule has 0 amide bonds. The maximum Gasteiger partial charge on any atom is 0.422 e. The van der Waals surface area contributed by atoms with Gasteiger partial charge in [0.25, 0.3) is 0 Å². The number of alkyl halides is 3. The van der Waals surface area contributed by atoms with E-state index in [9.17, 15) is 22.4 Å². The molecule has 3 rings (SSSR count). The second-order valence-electron chi connectivity index (χ2n) is 7.53. The van der Waals surface area contributed by atoms with Gasteiger partial charge in [-0.05, 0) is 29.8 Å². The monoisotopic (exact) mass is 440 g/mol. The van der Waals surface area contributed by atoms with Crippen LogP contribution < -0.4 is 9.64 Å². The summed E-state index contributed by atoms with van der Waals surface area (Å²) < 4.78 is 61.0. The summed E-state index contributed by atoms with van der Waals surface area (Å²) in [5.74, 6) is -0.668. The zero-order chi connectivity index (χ0) is 22.4. The van der Waals surface area contributed by atoms with Gasteiger partial charge < -0.3 is 14.4 Å². The average molecular weight is 440 g/mol. The number of benzene rings is 1. The summed E-state index contributed by atoms with van der Waals surface area (Å²) in [4.78, 5) is 18.5. The Morgan fingerprint density at radius 1 is 1.23 bits per heavy atom. The standard InChI is InChI=1S/C22H24F4N2O3/c1-15(20-4-3-18(13-27-20)31-14-22(24,25)26)10-17(29)11-16-2-5-21(19(23)12-16)28-6-8-30-9-7-28/h2-5,12-13,15H,6-11,14H2,1H3/t15-/m0/s1. The molecule has 0 bridgehead atoms. The van der Waals surface area contributed by atoms with Crippen molar-refractivity contribution in [1.82, 2.24) is 4.98 Å². The highest BCUT2D eigenvalue weighted by atomic mass is 19.4. The van der Waals surface area contributed by atoms with E-state index in [2.05, 4.69) is 9.72 Å². The van der Waals surface area contributed by atoms with Crippen LogP contribution in [0.3, 0.4) is 0 Å². The lowest BCUT2D eigenvalue weighted by atomic mass is 9.96. The first-order valence-electron chi connectivity index (χ1n) is 9.99. The number of aromatic nitrogens is 1. The molecule has 1 aromatic carbocycles. The molecule has 9 heteroatoms. The highest BCUT2D eigenvalue weighted by Crippen LogP contribution is 2.24. The smallest absolute Gasteiger partial charge is 0.422 e. The molecule has 0 unspecified atom stereocenters. The van der Waals surface area contributed by atoms with Crippen LogP contribution in [0.2, 0.25) is 0 Å². The maximum atomic E-state index is 14.5. The molecule has 1 aliphatic heterocycles. The van der Waals surface area contributed by atoms with E-state index >= 15 is 0 Å². The van der Waals surface area contributed by atoms with Crippen molar-refractivity contribution < 1.29 is 31.8 Å². The van der Waals surface area contributed by atoms with E-state index in [1.165, 1.54) is 18.3 Å². The quantitative estimate of drug-likeness (QED) is 0.573. The van der Waals surface area contributed by atoms with E-state index in [0.717, 1.165) is 0 Å². The fourth-order valence-electron chi connectivity index (χ4n) is 3.40. The largest absolute Gasteiger partial charge is 0.483 e. The SMILES string of the molecule is C[C@@H](CC(=O)Cc1ccc(N2CCOCC2)c(F)c1)c1ccc(OCC(F)(F)F)cn1. The van der Waals surface area contributed by atoms with Crippen LogP contribution in [0.25, 0.3) is 0 Å². The van der Waals surface area contributed by atoms with E-state index in [4.69, 9.17) is 4.74 Å². The number of hydrogen-bond acceptors (Lipinski definition) is 5. The Kier molecular flexibility index (Phi) is 7.48. The number of morpholine rings is 1. The summed E-state index contributed by atoms with van der Waals surface area (Å²) in [6, 6.07) is 7.77. The molecule has 5 nitrogen and oxygen atoms in total. The molecular formula is C22H24F4N2O3. The van der Waals surface area contributed by atoms with E-state index < -0.39 is 12.8 Å². The Morgan fingerprint density at radius 2 is 1.97 bits per heavy atom. The molecule has 0 N–H and O–H groups in total. The van der Waals surface area contributed by atoms with Crippen molar-refractivity contribution in [3.05, 3.63) is 53.6 Å². The van der Waals surface area contributed by atoms with Crippen molar-refractivity contribution in [2.24, 2.45) is 0 Å². The molecule has 0 aliphatic carbocycles. The Balaban J connectivity index is 1.53. The lowest BCUT2D eigenvalue weighted by molar-refractivity contribution is -0.153. The van der Waals surface area contributed by atoms with Gasteiger partial charge in [-0.25, -0.2) is 4.39 Å². The minimum Gasteiger partial charge on any atom is -0.483 e. The Hall–Kier alpha value is -2.68. The number of carbonyl (C=O) groups excluding carboxylic acids is 1. The number of nitrogens with zero attached hydrogens (tertiary/aromatic N) is 2. The zero-order valence-corrected chi connectivity index (χ0v) is 17.1. The number of ketones is 1. The van der Waals surface area contributed by atoms with Crippen molar-refractivity contribution in [3.8, 4) is 5.75 Å². The number of Topliss-reactive ketones (excluding diaryl/α,β-unsaturated/α-hetero) is 1. The van der Waals surface area contributed by atoms with Crippen LogP contribution in [0.5, 0.6) is 5.75 Å². The van der Waals surface area contributed by atoms with Crippen LogP contribution in [0.15, 0.2) is 36.5 Å². The van der Waals surface area contributed by atoms with Crippen LogP contribution in [0.1, 0.15) is 30.5 Å². The van der Waals surface area contributed by atoms with Gasteiger partial charge in [0, 0.05) is 37.5 Å². The number of hydrogen-bond donors (Lipinski definition) is 0. The van der Waals surface area contributed by atoms with Gasteiger partial charge in [0.1, 0.15) is 17.3 Å². The fourth-order valence-corrected chi connectivity index (χ4v) is 3.40. The lowest BCUT2D eigenvalue weighted by Crippen LogP contribution is -2.36. The third kappa shape index (κ3) is 6.92. The van der Waals surface area contributed by atoms with E-state index in [0.29, 0.717) is 43.2 Å². The molecule has 168 valence electrons. The predicted octanol–water partition coefficient (Wildman–Crippen LogP) is 4.30. The minimum absolute atomic E-state index is 0.00966. The number of carbonyl (C=O) groups is 1. The van der Waals surface area contributed by atoms with Crippen molar-refractivity contribution >= 4 is 11.5 Å². The summed E-state index contributed by atoms with van der Waals surface area (Å²) >= 11 is 0. The number of ether oxygens (including phenoxy) is 2. The molecule has 2 aromatic rings. The topological polar surface area (TPSA) is 51.7 Å². The fraction of sp³-hybridized carbons (Fsp3) is 0.455. The molecule has 31 heavy (non-hydrogen) atoms. The van der Waals surface area contributed by atoms with Crippen LogP contribution in [0.4, 0.5) is 23.2 Å². The van der Waals surface area contributed by atoms with Crippen LogP contribution in [-0.2, 0) is 16.0 Å². The highest BCUT2D eigenvalue weighted by Gasteiger charge is 2.28. The Bertz CT molecular complexity index is 881. The maximum absolute atomic E-state index is 14.5. The van der Waals surface area contributed by atoms with E-state index in [1.807, 2.05) is 4.90 Å². The number of halogens is 4. The summed E-state index contributed by atoms with van der Waals surface area (Å²) in [7, 11) is 0. The number of rotatable bonds is 8. The first-order valence-corrected chi connectivity index (χ1v) is 9.99. The molecule has 1 aliphatic rings. The first-order chi connectivity index (χ1) is 14.7. The molecule has 2 heterocycles. The molecule has 0 radical (unpaired) electrons. The Morgan fingerprint density at radius 3 is 2.58 bits per heavy atom. The van der Waals surface area contributed by atoms with Gasteiger partial charge in [0.2, 0.25) is 0 Å². The molecule has 1 saturated heterocycles. The number of anilines is 1. The van der Waals surface area contributed by atoms with Crippen molar-refractivity contribution in [3.63, 3.8) is 0 Å². The van der Waals surface area contributed by atoms with Crippen LogP contribution in [-0.4, -0.2) is 49.9 Å². The van der Waals surface area contributed by atoms with Gasteiger partial charge in [-0.15, -0.1) is 0 Å². The molecular weight excluding hydrogens is 416 g/mol. The average Bonchev–Trinajstić information content (AvgIpc) is 2.73. The minimum atomic E-state index is -4.42. The van der Waals surface area contributed by atoms with Crippen LogP contribution in [0, 0.1) is 5.82 Å². The second kappa shape index (κ2) is 10.1. The molecule has 1 aromatic heterocycles. The molecule has 1 fully saturated rings. The van der Waals surface area contributed by atoms with Gasteiger partial charge in [-0.1, -0.05) is 13.0 Å². The van der Waals surface area contributed by atoms with E-state index in [-0.39, 0.29) is 36.1 Å². The third-order valence-corrected chi connectivity index (χ3v) is 4.97. The van der Waals surface area contributed by atoms with Gasteiger partial charge in [-0.3, -0.25) is 9.78 Å². The number of pyridine rings is 1. The Labute approximate surface area is 178 Å². The van der Waals surface area contributed by atoms with E-state index in [1.54, 1.807) is 25.1 Å². The summed E-state index contributed by atoms with van der Waals surface area (Å²) in [6.07, 6.45) is -2.93. The molecule has 1 atom stereocenters. The third-order valence-electron chi connectivity index (χ3n) is 4.97. The van der Waals surface area contributed by atoms with Crippen molar-refractivity contribution in [2.45, 2.75) is 31.9 Å². The van der Waals surface area contributed by atoms with Gasteiger partial charge >= 0.3 is 6.18 Å². The zero-order valence-electron chi connectivity index (χ0n) is 17.1. The summed E-state index contributed by atoms with van der Waals surface area (Å²) in [6.45, 7) is 2.78. The van der Waals surface area contributed by atoms with Gasteiger partial charge in [0.05, 0.1) is 25.1 Å². The van der Waals surface area contributed by atoms with Gasteiger partial charge in [0.15, 0.2) is 6.61 Å². The normalized spacial score (nSPS) is 15.6. The highest BCUT2D eigenvalue weighted by molar-refractivity contribution is 5.81. The summed E-state index contributed by atoms with van der Waals surface area (Å²) in [5, 5.41) is 0. The molecule has 0 saturated carbocycles. The lowest BCUT2D eigenvalue weighted by Gasteiger charge is -2.29.